The summed E-state index contributed by atoms with van der Waals surface area (Å²) in [6.07, 6.45) is 0. The monoisotopic (exact) mass is 200 g/mol. The second-order valence-corrected chi connectivity index (χ2v) is 3.43. The van der Waals surface area contributed by atoms with Crippen LogP contribution in [0.4, 0.5) is 5.69 Å². The molecule has 0 amide bonds. The smallest absolute Gasteiger partial charge is 0.0636 e. The third-order valence-electron chi connectivity index (χ3n) is 1.59. The van der Waals surface area contributed by atoms with Crippen LogP contribution < -0.4 is 5.48 Å². The summed E-state index contributed by atoms with van der Waals surface area (Å²) in [5.74, 6) is 0. The van der Waals surface area contributed by atoms with Gasteiger partial charge in [0.2, 0.25) is 0 Å². The van der Waals surface area contributed by atoms with E-state index in [1.165, 1.54) is 13.2 Å². The Kier molecular flexibility index (Phi) is 3.41. The molecule has 0 aliphatic carbocycles. The van der Waals surface area contributed by atoms with Crippen molar-refractivity contribution in [1.82, 2.24) is 0 Å². The second kappa shape index (κ2) is 4.36. The highest BCUT2D eigenvalue weighted by Crippen LogP contribution is 2.17. The molecule has 0 heterocycles. The minimum absolute atomic E-state index is 0.280. The molecule has 1 unspecified atom stereocenters. The standard InChI is InChI=1S/C8H11NO3S/c1-6-3-4-7(9-12-2)5-8(6)13(10)11/h3-5,9H,1-2H3,(H,10,11)/p-1. The predicted octanol–water partition coefficient (Wildman–Crippen LogP) is 1.21. The summed E-state index contributed by atoms with van der Waals surface area (Å²) in [6, 6.07) is 4.98. The number of anilines is 1. The van der Waals surface area contributed by atoms with Crippen LogP contribution >= 0.6 is 0 Å². The van der Waals surface area contributed by atoms with Gasteiger partial charge >= 0.3 is 0 Å². The Morgan fingerprint density at radius 3 is 2.77 bits per heavy atom. The molecule has 0 fully saturated rings. The molecule has 4 nitrogen and oxygen atoms in total. The third kappa shape index (κ3) is 2.51. The molecule has 0 radical (unpaired) electrons. The molecular formula is C8H10NO3S-. The van der Waals surface area contributed by atoms with E-state index in [-0.39, 0.29) is 4.90 Å². The van der Waals surface area contributed by atoms with Gasteiger partial charge in [0.1, 0.15) is 0 Å². The van der Waals surface area contributed by atoms with Gasteiger partial charge in [0.15, 0.2) is 0 Å². The van der Waals surface area contributed by atoms with E-state index in [4.69, 9.17) is 0 Å². The van der Waals surface area contributed by atoms with E-state index >= 15 is 0 Å². The predicted molar refractivity (Wildman–Crippen MR) is 49.0 cm³/mol. The van der Waals surface area contributed by atoms with E-state index < -0.39 is 11.1 Å². The van der Waals surface area contributed by atoms with Crippen LogP contribution in [0.25, 0.3) is 0 Å². The van der Waals surface area contributed by atoms with Crippen LogP contribution in [0.2, 0.25) is 0 Å². The summed E-state index contributed by atoms with van der Waals surface area (Å²) in [6.45, 7) is 1.74. The van der Waals surface area contributed by atoms with Crippen molar-refractivity contribution in [2.75, 3.05) is 12.6 Å². The molecule has 0 spiro atoms. The first-order chi connectivity index (χ1) is 6.15. The van der Waals surface area contributed by atoms with E-state index in [1.807, 2.05) is 0 Å². The number of benzene rings is 1. The number of aryl methyl sites for hydroxylation is 1. The zero-order valence-corrected chi connectivity index (χ0v) is 8.18. The highest BCUT2D eigenvalue weighted by Gasteiger charge is 1.99. The number of hydrogen-bond acceptors (Lipinski definition) is 4. The molecule has 0 aromatic heterocycles. The van der Waals surface area contributed by atoms with Crippen molar-refractivity contribution in [3.63, 3.8) is 0 Å². The Hall–Kier alpha value is -0.910. The van der Waals surface area contributed by atoms with Gasteiger partial charge in [-0.05, 0) is 35.7 Å². The van der Waals surface area contributed by atoms with E-state index in [1.54, 1.807) is 19.1 Å². The Labute approximate surface area is 79.2 Å². The number of nitrogens with one attached hydrogen (secondary N) is 1. The summed E-state index contributed by atoms with van der Waals surface area (Å²) in [4.78, 5) is 4.93. The zero-order chi connectivity index (χ0) is 9.84. The molecule has 1 aromatic rings. The lowest BCUT2D eigenvalue weighted by molar-refractivity contribution is 0.271. The molecule has 1 aromatic carbocycles. The average molecular weight is 200 g/mol. The van der Waals surface area contributed by atoms with Crippen molar-refractivity contribution >= 4 is 16.8 Å². The molecule has 0 saturated heterocycles. The first-order valence-electron chi connectivity index (χ1n) is 3.64. The van der Waals surface area contributed by atoms with Crippen LogP contribution in [0.3, 0.4) is 0 Å². The van der Waals surface area contributed by atoms with Crippen LogP contribution in [0.1, 0.15) is 5.56 Å². The Balaban J connectivity index is 3.04. The maximum absolute atomic E-state index is 10.7. The van der Waals surface area contributed by atoms with Crippen LogP contribution in [-0.2, 0) is 15.9 Å². The highest BCUT2D eigenvalue weighted by molar-refractivity contribution is 7.79. The fourth-order valence-electron chi connectivity index (χ4n) is 0.961. The molecule has 0 aliphatic rings. The summed E-state index contributed by atoms with van der Waals surface area (Å²) in [5, 5.41) is 0. The van der Waals surface area contributed by atoms with E-state index in [0.717, 1.165) is 5.56 Å². The summed E-state index contributed by atoms with van der Waals surface area (Å²) < 4.78 is 21.4. The quantitative estimate of drug-likeness (QED) is 0.588. The SMILES string of the molecule is CONc1ccc(C)c(S(=O)[O-])c1. The normalized spacial score (nSPS) is 12.5. The third-order valence-corrected chi connectivity index (χ3v) is 2.39. The van der Waals surface area contributed by atoms with Gasteiger partial charge in [-0.25, -0.2) is 0 Å². The van der Waals surface area contributed by atoms with Crippen molar-refractivity contribution in [3.8, 4) is 0 Å². The van der Waals surface area contributed by atoms with E-state index in [2.05, 4.69) is 10.3 Å². The minimum atomic E-state index is -2.20. The van der Waals surface area contributed by atoms with Crippen molar-refractivity contribution in [1.29, 1.82) is 0 Å². The largest absolute Gasteiger partial charge is 0.768 e. The van der Waals surface area contributed by atoms with Crippen LogP contribution in [0, 0.1) is 6.92 Å². The fourth-order valence-corrected chi connectivity index (χ4v) is 1.52. The number of rotatable bonds is 3. The highest BCUT2D eigenvalue weighted by atomic mass is 32.2. The summed E-state index contributed by atoms with van der Waals surface area (Å²) >= 11 is -2.20. The molecule has 0 aliphatic heterocycles. The maximum Gasteiger partial charge on any atom is 0.0636 e. The first-order valence-corrected chi connectivity index (χ1v) is 4.71. The lowest BCUT2D eigenvalue weighted by Crippen LogP contribution is -1.98. The maximum atomic E-state index is 10.7. The van der Waals surface area contributed by atoms with E-state index in [0.29, 0.717) is 5.69 Å². The van der Waals surface area contributed by atoms with Gasteiger partial charge in [-0.3, -0.25) is 14.5 Å². The van der Waals surface area contributed by atoms with Crippen LogP contribution in [0.5, 0.6) is 0 Å². The summed E-state index contributed by atoms with van der Waals surface area (Å²) in [5.41, 5.74) is 3.89. The van der Waals surface area contributed by atoms with Crippen molar-refractivity contribution in [2.45, 2.75) is 11.8 Å². The molecule has 1 N–H and O–H groups in total. The lowest BCUT2D eigenvalue weighted by atomic mass is 10.2. The second-order valence-electron chi connectivity index (χ2n) is 2.52. The fraction of sp³-hybridized carbons (Fsp3) is 0.250. The Morgan fingerprint density at radius 1 is 1.54 bits per heavy atom. The van der Waals surface area contributed by atoms with Crippen LogP contribution in [-0.4, -0.2) is 15.9 Å². The Bertz CT molecular complexity index is 327. The molecule has 0 bridgehead atoms. The number of hydrogen-bond donors (Lipinski definition) is 1. The van der Waals surface area contributed by atoms with E-state index in [9.17, 15) is 8.76 Å². The summed E-state index contributed by atoms with van der Waals surface area (Å²) in [7, 11) is 1.47. The van der Waals surface area contributed by atoms with Gasteiger partial charge in [0, 0.05) is 4.90 Å². The van der Waals surface area contributed by atoms with Crippen molar-refractivity contribution in [2.24, 2.45) is 0 Å². The average Bonchev–Trinajstić information content (AvgIpc) is 2.08. The molecule has 1 rings (SSSR count). The molecular weight excluding hydrogens is 190 g/mol. The van der Waals surface area contributed by atoms with Gasteiger partial charge in [-0.15, -0.1) is 0 Å². The van der Waals surface area contributed by atoms with Gasteiger partial charge in [-0.2, -0.15) is 0 Å². The van der Waals surface area contributed by atoms with Gasteiger partial charge in [0.25, 0.3) is 0 Å². The lowest BCUT2D eigenvalue weighted by Gasteiger charge is -2.11. The Morgan fingerprint density at radius 2 is 2.23 bits per heavy atom. The first kappa shape index (κ1) is 10.2. The van der Waals surface area contributed by atoms with Gasteiger partial charge in [-0.1, -0.05) is 6.07 Å². The van der Waals surface area contributed by atoms with Crippen molar-refractivity contribution in [3.05, 3.63) is 23.8 Å². The molecule has 0 saturated carbocycles. The van der Waals surface area contributed by atoms with Crippen molar-refractivity contribution < 1.29 is 13.6 Å². The van der Waals surface area contributed by atoms with Gasteiger partial charge < -0.3 is 4.55 Å². The topological polar surface area (TPSA) is 61.4 Å². The molecule has 72 valence electrons. The minimum Gasteiger partial charge on any atom is -0.768 e. The zero-order valence-electron chi connectivity index (χ0n) is 7.37. The molecule has 1 atom stereocenters. The molecule has 5 heteroatoms. The van der Waals surface area contributed by atoms with Gasteiger partial charge in [0.05, 0.1) is 12.8 Å². The van der Waals surface area contributed by atoms with Crippen LogP contribution in [0.15, 0.2) is 23.1 Å². The molecule has 13 heavy (non-hydrogen) atoms.